The molecule has 1 atom stereocenters. The van der Waals surface area contributed by atoms with Crippen molar-refractivity contribution in [2.24, 2.45) is 0 Å². The molecule has 0 saturated carbocycles. The molecule has 3 nitrogen and oxygen atoms in total. The zero-order valence-electron chi connectivity index (χ0n) is 11.3. The zero-order valence-corrected chi connectivity index (χ0v) is 11.3. The Morgan fingerprint density at radius 2 is 2.28 bits per heavy atom. The predicted molar refractivity (Wildman–Crippen MR) is 73.4 cm³/mol. The van der Waals surface area contributed by atoms with Crippen molar-refractivity contribution in [3.8, 4) is 0 Å². The lowest BCUT2D eigenvalue weighted by atomic mass is 10.0. The predicted octanol–water partition coefficient (Wildman–Crippen LogP) is 3.08. The minimum absolute atomic E-state index is 0.0729. The summed E-state index contributed by atoms with van der Waals surface area (Å²) < 4.78 is 0. The molecule has 1 aromatic carbocycles. The molecule has 1 aliphatic heterocycles. The lowest BCUT2D eigenvalue weighted by Crippen LogP contribution is -2.47. The number of amides is 2. The topological polar surface area (TPSA) is 32.3 Å². The summed E-state index contributed by atoms with van der Waals surface area (Å²) in [7, 11) is 0. The average Bonchev–Trinajstić information content (AvgIpc) is 2.37. The zero-order chi connectivity index (χ0) is 13.0. The van der Waals surface area contributed by atoms with E-state index in [4.69, 9.17) is 0 Å². The third-order valence-electron chi connectivity index (χ3n) is 3.59. The normalized spacial score (nSPS) is 19.7. The summed E-state index contributed by atoms with van der Waals surface area (Å²) >= 11 is 0. The van der Waals surface area contributed by atoms with Crippen molar-refractivity contribution in [3.05, 3.63) is 35.4 Å². The van der Waals surface area contributed by atoms with Gasteiger partial charge >= 0.3 is 6.03 Å². The van der Waals surface area contributed by atoms with Crippen LogP contribution in [0.25, 0.3) is 0 Å². The second-order valence-electron chi connectivity index (χ2n) is 5.19. The van der Waals surface area contributed by atoms with E-state index in [0.717, 1.165) is 24.9 Å². The van der Waals surface area contributed by atoms with Gasteiger partial charge in [0.1, 0.15) is 0 Å². The lowest BCUT2D eigenvalue weighted by Gasteiger charge is -2.33. The van der Waals surface area contributed by atoms with E-state index >= 15 is 0 Å². The highest BCUT2D eigenvalue weighted by molar-refractivity contribution is 5.74. The third kappa shape index (κ3) is 3.25. The maximum absolute atomic E-state index is 12.1. The SMILES string of the molecule is Cc1cccc(CNC(=O)N2CCCCC2C)c1. The van der Waals surface area contributed by atoms with Gasteiger partial charge in [0.2, 0.25) is 0 Å². The summed E-state index contributed by atoms with van der Waals surface area (Å²) in [4.78, 5) is 14.0. The fourth-order valence-electron chi connectivity index (χ4n) is 2.50. The summed E-state index contributed by atoms with van der Waals surface area (Å²) in [6.45, 7) is 5.70. The Hall–Kier alpha value is -1.51. The van der Waals surface area contributed by atoms with Crippen LogP contribution in [-0.2, 0) is 6.54 Å². The quantitative estimate of drug-likeness (QED) is 0.854. The molecule has 1 heterocycles. The van der Waals surface area contributed by atoms with Crippen LogP contribution in [-0.4, -0.2) is 23.5 Å². The summed E-state index contributed by atoms with van der Waals surface area (Å²) in [5.41, 5.74) is 2.39. The molecule has 1 unspecified atom stereocenters. The van der Waals surface area contributed by atoms with E-state index < -0.39 is 0 Å². The van der Waals surface area contributed by atoms with Crippen molar-refractivity contribution < 1.29 is 4.79 Å². The first kappa shape index (κ1) is 12.9. The van der Waals surface area contributed by atoms with Crippen molar-refractivity contribution in [2.45, 2.75) is 45.7 Å². The second kappa shape index (κ2) is 5.89. The largest absolute Gasteiger partial charge is 0.334 e. The van der Waals surface area contributed by atoms with Gasteiger partial charge in [0.05, 0.1) is 0 Å². The van der Waals surface area contributed by atoms with E-state index in [-0.39, 0.29) is 6.03 Å². The van der Waals surface area contributed by atoms with Gasteiger partial charge in [0.25, 0.3) is 0 Å². The number of hydrogen-bond acceptors (Lipinski definition) is 1. The molecule has 1 aromatic rings. The molecule has 0 aromatic heterocycles. The van der Waals surface area contributed by atoms with E-state index in [1.54, 1.807) is 0 Å². The Labute approximate surface area is 109 Å². The molecule has 0 radical (unpaired) electrons. The van der Waals surface area contributed by atoms with E-state index in [1.807, 2.05) is 17.0 Å². The first-order valence-corrected chi connectivity index (χ1v) is 6.77. The van der Waals surface area contributed by atoms with Crippen molar-refractivity contribution >= 4 is 6.03 Å². The van der Waals surface area contributed by atoms with E-state index in [9.17, 15) is 4.79 Å². The Morgan fingerprint density at radius 1 is 1.44 bits per heavy atom. The molecule has 1 saturated heterocycles. The Bertz CT molecular complexity index is 417. The van der Waals surface area contributed by atoms with Crippen LogP contribution < -0.4 is 5.32 Å². The van der Waals surface area contributed by atoms with Gasteiger partial charge in [-0.2, -0.15) is 0 Å². The highest BCUT2D eigenvalue weighted by atomic mass is 16.2. The van der Waals surface area contributed by atoms with Crippen LogP contribution in [0.5, 0.6) is 0 Å². The maximum atomic E-state index is 12.1. The van der Waals surface area contributed by atoms with Gasteiger partial charge in [-0.3, -0.25) is 0 Å². The number of piperidine rings is 1. The number of urea groups is 1. The molecule has 2 rings (SSSR count). The smallest absolute Gasteiger partial charge is 0.317 e. The van der Waals surface area contributed by atoms with E-state index in [2.05, 4.69) is 31.3 Å². The minimum Gasteiger partial charge on any atom is -0.334 e. The molecule has 3 heteroatoms. The van der Waals surface area contributed by atoms with Crippen LogP contribution in [0.1, 0.15) is 37.3 Å². The van der Waals surface area contributed by atoms with Gasteiger partial charge in [0.15, 0.2) is 0 Å². The molecule has 18 heavy (non-hydrogen) atoms. The Balaban J connectivity index is 1.88. The average molecular weight is 246 g/mol. The number of nitrogens with one attached hydrogen (secondary N) is 1. The van der Waals surface area contributed by atoms with Gasteiger partial charge in [-0.25, -0.2) is 4.79 Å². The number of aryl methyl sites for hydroxylation is 1. The van der Waals surface area contributed by atoms with Crippen LogP contribution in [0, 0.1) is 6.92 Å². The second-order valence-corrected chi connectivity index (χ2v) is 5.19. The monoisotopic (exact) mass is 246 g/mol. The fraction of sp³-hybridized carbons (Fsp3) is 0.533. The van der Waals surface area contributed by atoms with Gasteiger partial charge < -0.3 is 10.2 Å². The van der Waals surface area contributed by atoms with E-state index in [1.165, 1.54) is 12.0 Å². The van der Waals surface area contributed by atoms with Crippen LogP contribution in [0.2, 0.25) is 0 Å². The first-order valence-electron chi connectivity index (χ1n) is 6.77. The number of carbonyl (C=O) groups is 1. The Morgan fingerprint density at radius 3 is 3.00 bits per heavy atom. The van der Waals surface area contributed by atoms with Gasteiger partial charge in [-0.05, 0) is 38.7 Å². The molecular formula is C15H22N2O. The number of benzene rings is 1. The van der Waals surface area contributed by atoms with E-state index in [0.29, 0.717) is 12.6 Å². The molecule has 1 N–H and O–H groups in total. The van der Waals surface area contributed by atoms with Gasteiger partial charge in [0, 0.05) is 19.1 Å². The number of hydrogen-bond donors (Lipinski definition) is 1. The standard InChI is InChI=1S/C15H22N2O/c1-12-6-5-8-14(10-12)11-16-15(18)17-9-4-3-7-13(17)2/h5-6,8,10,13H,3-4,7,9,11H2,1-2H3,(H,16,18). The Kier molecular flexibility index (Phi) is 4.24. The molecule has 1 fully saturated rings. The third-order valence-corrected chi connectivity index (χ3v) is 3.59. The fourth-order valence-corrected chi connectivity index (χ4v) is 2.50. The molecule has 2 amide bonds. The minimum atomic E-state index is 0.0729. The molecule has 0 spiro atoms. The molecule has 1 aliphatic rings. The highest BCUT2D eigenvalue weighted by Crippen LogP contribution is 2.16. The van der Waals surface area contributed by atoms with Gasteiger partial charge in [-0.15, -0.1) is 0 Å². The van der Waals surface area contributed by atoms with Crippen LogP contribution in [0.4, 0.5) is 4.79 Å². The summed E-state index contributed by atoms with van der Waals surface area (Å²) in [5.74, 6) is 0. The highest BCUT2D eigenvalue weighted by Gasteiger charge is 2.22. The van der Waals surface area contributed by atoms with Crippen LogP contribution >= 0.6 is 0 Å². The molecule has 0 bridgehead atoms. The maximum Gasteiger partial charge on any atom is 0.317 e. The van der Waals surface area contributed by atoms with Gasteiger partial charge in [-0.1, -0.05) is 29.8 Å². The summed E-state index contributed by atoms with van der Waals surface area (Å²) in [6, 6.07) is 8.70. The van der Waals surface area contributed by atoms with Crippen molar-refractivity contribution in [2.75, 3.05) is 6.54 Å². The van der Waals surface area contributed by atoms with Crippen molar-refractivity contribution in [3.63, 3.8) is 0 Å². The summed E-state index contributed by atoms with van der Waals surface area (Å²) in [5, 5.41) is 3.01. The number of likely N-dealkylation sites (tertiary alicyclic amines) is 1. The molecule has 0 aliphatic carbocycles. The van der Waals surface area contributed by atoms with Crippen molar-refractivity contribution in [1.29, 1.82) is 0 Å². The lowest BCUT2D eigenvalue weighted by molar-refractivity contribution is 0.158. The van der Waals surface area contributed by atoms with Crippen LogP contribution in [0.3, 0.4) is 0 Å². The molecular weight excluding hydrogens is 224 g/mol. The number of carbonyl (C=O) groups excluding carboxylic acids is 1. The molecule has 98 valence electrons. The summed E-state index contributed by atoms with van der Waals surface area (Å²) in [6.07, 6.45) is 3.49. The number of nitrogens with zero attached hydrogens (tertiary/aromatic N) is 1. The first-order chi connectivity index (χ1) is 8.66. The van der Waals surface area contributed by atoms with Crippen LogP contribution in [0.15, 0.2) is 24.3 Å². The van der Waals surface area contributed by atoms with Crippen molar-refractivity contribution in [1.82, 2.24) is 10.2 Å². The number of rotatable bonds is 2.